The Balaban J connectivity index is 2.20. The van der Waals surface area contributed by atoms with Crippen LogP contribution >= 0.6 is 11.6 Å². The SMILES string of the molecule is CCCOc1ccccc1C(Cc1cccc(Cl)c1)NN. The summed E-state index contributed by atoms with van der Waals surface area (Å²) >= 11 is 6.04. The highest BCUT2D eigenvalue weighted by molar-refractivity contribution is 6.30. The second-order valence-corrected chi connectivity index (χ2v) is 5.38. The minimum Gasteiger partial charge on any atom is -0.493 e. The summed E-state index contributed by atoms with van der Waals surface area (Å²) in [5.41, 5.74) is 5.08. The van der Waals surface area contributed by atoms with E-state index < -0.39 is 0 Å². The van der Waals surface area contributed by atoms with E-state index in [0.29, 0.717) is 6.61 Å². The Morgan fingerprint density at radius 2 is 2.00 bits per heavy atom. The van der Waals surface area contributed by atoms with Gasteiger partial charge in [0, 0.05) is 10.6 Å². The van der Waals surface area contributed by atoms with Crippen molar-refractivity contribution in [1.29, 1.82) is 0 Å². The molecule has 0 amide bonds. The zero-order valence-corrected chi connectivity index (χ0v) is 12.9. The van der Waals surface area contributed by atoms with Crippen molar-refractivity contribution in [3.8, 4) is 5.75 Å². The van der Waals surface area contributed by atoms with Crippen LogP contribution < -0.4 is 16.0 Å². The van der Waals surface area contributed by atoms with Gasteiger partial charge < -0.3 is 4.74 Å². The van der Waals surface area contributed by atoms with Crippen LogP contribution in [0.1, 0.15) is 30.5 Å². The number of benzene rings is 2. The Morgan fingerprint density at radius 3 is 2.71 bits per heavy atom. The largest absolute Gasteiger partial charge is 0.493 e. The van der Waals surface area contributed by atoms with Gasteiger partial charge in [-0.15, -0.1) is 0 Å². The molecule has 2 rings (SSSR count). The fourth-order valence-corrected chi connectivity index (χ4v) is 2.48. The maximum atomic E-state index is 6.04. The highest BCUT2D eigenvalue weighted by Crippen LogP contribution is 2.28. The average Bonchev–Trinajstić information content (AvgIpc) is 2.51. The molecule has 2 aromatic rings. The third-order valence-corrected chi connectivity index (χ3v) is 3.52. The number of nitrogens with one attached hydrogen (secondary N) is 1. The molecule has 0 aliphatic heterocycles. The molecule has 0 spiro atoms. The number of hydrazine groups is 1. The smallest absolute Gasteiger partial charge is 0.124 e. The Kier molecular flexibility index (Phi) is 6.05. The first-order valence-corrected chi connectivity index (χ1v) is 7.54. The lowest BCUT2D eigenvalue weighted by atomic mass is 9.98. The second-order valence-electron chi connectivity index (χ2n) is 4.94. The first kappa shape index (κ1) is 15.8. The van der Waals surface area contributed by atoms with E-state index in [0.717, 1.165) is 34.7 Å². The highest BCUT2D eigenvalue weighted by Gasteiger charge is 2.15. The van der Waals surface area contributed by atoms with Crippen molar-refractivity contribution in [2.24, 2.45) is 5.84 Å². The molecule has 1 unspecified atom stereocenters. The first-order chi connectivity index (χ1) is 10.2. The number of halogens is 1. The Bertz CT molecular complexity index is 574. The molecule has 3 nitrogen and oxygen atoms in total. The van der Waals surface area contributed by atoms with Crippen LogP contribution in [-0.4, -0.2) is 6.61 Å². The van der Waals surface area contributed by atoms with E-state index in [1.165, 1.54) is 0 Å². The lowest BCUT2D eigenvalue weighted by molar-refractivity contribution is 0.310. The van der Waals surface area contributed by atoms with Crippen LogP contribution in [0.4, 0.5) is 0 Å². The molecule has 0 saturated carbocycles. The average molecular weight is 305 g/mol. The van der Waals surface area contributed by atoms with E-state index in [-0.39, 0.29) is 6.04 Å². The predicted octanol–water partition coefficient (Wildman–Crippen LogP) is 3.88. The summed E-state index contributed by atoms with van der Waals surface area (Å²) in [6, 6.07) is 15.8. The van der Waals surface area contributed by atoms with Crippen LogP contribution in [0.3, 0.4) is 0 Å². The number of hydrogen-bond acceptors (Lipinski definition) is 3. The van der Waals surface area contributed by atoms with E-state index in [2.05, 4.69) is 12.3 Å². The van der Waals surface area contributed by atoms with Crippen molar-refractivity contribution in [3.05, 3.63) is 64.7 Å². The van der Waals surface area contributed by atoms with Gasteiger partial charge >= 0.3 is 0 Å². The molecular weight excluding hydrogens is 284 g/mol. The topological polar surface area (TPSA) is 47.3 Å². The highest BCUT2D eigenvalue weighted by atomic mass is 35.5. The lowest BCUT2D eigenvalue weighted by Crippen LogP contribution is -2.30. The fourth-order valence-electron chi connectivity index (χ4n) is 2.27. The molecule has 0 radical (unpaired) electrons. The molecule has 0 aromatic heterocycles. The summed E-state index contributed by atoms with van der Waals surface area (Å²) < 4.78 is 5.81. The van der Waals surface area contributed by atoms with E-state index in [4.69, 9.17) is 22.2 Å². The lowest BCUT2D eigenvalue weighted by Gasteiger charge is -2.20. The standard InChI is InChI=1S/C17H21ClN2O/c1-2-10-21-17-9-4-3-8-15(17)16(20-19)12-13-6-5-7-14(18)11-13/h3-9,11,16,20H,2,10,12,19H2,1H3. The van der Waals surface area contributed by atoms with Gasteiger partial charge in [-0.1, -0.05) is 48.9 Å². The van der Waals surface area contributed by atoms with Gasteiger partial charge in [0.15, 0.2) is 0 Å². The van der Waals surface area contributed by atoms with Gasteiger partial charge in [0.05, 0.1) is 12.6 Å². The number of hydrogen-bond donors (Lipinski definition) is 2. The number of ether oxygens (including phenoxy) is 1. The second kappa shape index (κ2) is 8.03. The summed E-state index contributed by atoms with van der Waals surface area (Å²) in [5.74, 6) is 6.63. The van der Waals surface area contributed by atoms with E-state index in [1.54, 1.807) is 0 Å². The first-order valence-electron chi connectivity index (χ1n) is 7.17. The molecular formula is C17H21ClN2O. The van der Waals surface area contributed by atoms with Crippen LogP contribution in [0.15, 0.2) is 48.5 Å². The van der Waals surface area contributed by atoms with Crippen LogP contribution in [0.2, 0.25) is 5.02 Å². The predicted molar refractivity (Wildman–Crippen MR) is 87.4 cm³/mol. The summed E-state index contributed by atoms with van der Waals surface area (Å²) in [4.78, 5) is 0. The van der Waals surface area contributed by atoms with Crippen molar-refractivity contribution in [3.63, 3.8) is 0 Å². The molecule has 0 heterocycles. The summed E-state index contributed by atoms with van der Waals surface area (Å²) in [6.45, 7) is 2.79. The van der Waals surface area contributed by atoms with Gasteiger partial charge in [-0.3, -0.25) is 11.3 Å². The van der Waals surface area contributed by atoms with Gasteiger partial charge in [-0.2, -0.15) is 0 Å². The number of rotatable bonds is 7. The molecule has 0 bridgehead atoms. The van der Waals surface area contributed by atoms with Crippen LogP contribution in [-0.2, 0) is 6.42 Å². The van der Waals surface area contributed by atoms with Crippen molar-refractivity contribution >= 4 is 11.6 Å². The van der Waals surface area contributed by atoms with Gasteiger partial charge in [-0.25, -0.2) is 0 Å². The van der Waals surface area contributed by atoms with Crippen molar-refractivity contribution in [2.45, 2.75) is 25.8 Å². The van der Waals surface area contributed by atoms with Crippen molar-refractivity contribution < 1.29 is 4.74 Å². The van der Waals surface area contributed by atoms with E-state index >= 15 is 0 Å². The third-order valence-electron chi connectivity index (χ3n) is 3.29. The number of nitrogens with two attached hydrogens (primary N) is 1. The van der Waals surface area contributed by atoms with Gasteiger partial charge in [0.2, 0.25) is 0 Å². The molecule has 0 aliphatic rings. The van der Waals surface area contributed by atoms with E-state index in [9.17, 15) is 0 Å². The minimum absolute atomic E-state index is 0.0171. The maximum Gasteiger partial charge on any atom is 0.124 e. The Morgan fingerprint density at radius 1 is 1.19 bits per heavy atom. The van der Waals surface area contributed by atoms with Gasteiger partial charge in [0.25, 0.3) is 0 Å². The van der Waals surface area contributed by atoms with Crippen molar-refractivity contribution in [2.75, 3.05) is 6.61 Å². The molecule has 0 fully saturated rings. The van der Waals surface area contributed by atoms with Crippen LogP contribution in [0.5, 0.6) is 5.75 Å². The van der Waals surface area contributed by atoms with Gasteiger partial charge in [0.1, 0.15) is 5.75 Å². The molecule has 3 N–H and O–H groups in total. The third kappa shape index (κ3) is 4.46. The monoisotopic (exact) mass is 304 g/mol. The molecule has 1 atom stereocenters. The quantitative estimate of drug-likeness (QED) is 0.603. The van der Waals surface area contributed by atoms with Crippen LogP contribution in [0, 0.1) is 0 Å². The van der Waals surface area contributed by atoms with Gasteiger partial charge in [-0.05, 0) is 36.6 Å². The molecule has 2 aromatic carbocycles. The molecule has 0 saturated heterocycles. The summed E-state index contributed by atoms with van der Waals surface area (Å²) in [5, 5.41) is 0.735. The van der Waals surface area contributed by atoms with Crippen molar-refractivity contribution in [1.82, 2.24) is 5.43 Å². The molecule has 112 valence electrons. The summed E-state index contributed by atoms with van der Waals surface area (Å²) in [7, 11) is 0. The molecule has 4 heteroatoms. The van der Waals surface area contributed by atoms with E-state index in [1.807, 2.05) is 48.5 Å². The van der Waals surface area contributed by atoms with Crippen LogP contribution in [0.25, 0.3) is 0 Å². The summed E-state index contributed by atoms with van der Waals surface area (Å²) in [6.07, 6.45) is 1.73. The molecule has 0 aliphatic carbocycles. The Labute approximate surface area is 131 Å². The zero-order chi connectivity index (χ0) is 15.1. The molecule has 21 heavy (non-hydrogen) atoms. The normalized spacial score (nSPS) is 12.1. The fraction of sp³-hybridized carbons (Fsp3) is 0.294. The Hall–Kier alpha value is -1.55. The minimum atomic E-state index is -0.0171. The maximum absolute atomic E-state index is 6.04. The number of para-hydroxylation sites is 1. The zero-order valence-electron chi connectivity index (χ0n) is 12.2.